The molecular weight excluding hydrogens is 298 g/mol. The second-order valence-corrected chi connectivity index (χ2v) is 4.41. The zero-order valence-corrected chi connectivity index (χ0v) is 10.3. The topological polar surface area (TPSA) is 38.9 Å². The van der Waals surface area contributed by atoms with Crippen LogP contribution >= 0.6 is 34.2 Å². The third-order valence-corrected chi connectivity index (χ3v) is 3.10. The molecule has 2 nitrogen and oxygen atoms in total. The Morgan fingerprint density at radius 3 is 2.92 bits per heavy atom. The molecule has 13 heavy (non-hydrogen) atoms. The van der Waals surface area contributed by atoms with E-state index in [-0.39, 0.29) is 6.04 Å². The summed E-state index contributed by atoms with van der Waals surface area (Å²) >= 11 is 8.20. The molecule has 0 saturated heterocycles. The van der Waals surface area contributed by atoms with Gasteiger partial charge in [0.15, 0.2) is 0 Å². The van der Waals surface area contributed by atoms with Crippen LogP contribution in [0.1, 0.15) is 31.4 Å². The molecule has 0 saturated carbocycles. The van der Waals surface area contributed by atoms with Gasteiger partial charge in [-0.15, -0.1) is 0 Å². The SMILES string of the molecule is CCC[C@H](N)c1c(I)ccnc1Cl. The molecule has 0 amide bonds. The van der Waals surface area contributed by atoms with Gasteiger partial charge in [0, 0.05) is 21.4 Å². The highest BCUT2D eigenvalue weighted by molar-refractivity contribution is 14.1. The zero-order valence-electron chi connectivity index (χ0n) is 7.43. The van der Waals surface area contributed by atoms with Crippen LogP contribution in [0.15, 0.2) is 12.3 Å². The Balaban J connectivity index is 2.98. The highest BCUT2D eigenvalue weighted by atomic mass is 127. The van der Waals surface area contributed by atoms with Crippen molar-refractivity contribution in [2.75, 3.05) is 0 Å². The Hall–Kier alpha value is 0.130. The molecule has 0 unspecified atom stereocenters. The number of aromatic nitrogens is 1. The van der Waals surface area contributed by atoms with Crippen LogP contribution in [-0.2, 0) is 0 Å². The second-order valence-electron chi connectivity index (χ2n) is 2.89. The molecule has 1 heterocycles. The number of hydrogen-bond acceptors (Lipinski definition) is 2. The Morgan fingerprint density at radius 2 is 2.38 bits per heavy atom. The van der Waals surface area contributed by atoms with Crippen LogP contribution < -0.4 is 5.73 Å². The maximum absolute atomic E-state index is 5.98. The lowest BCUT2D eigenvalue weighted by Gasteiger charge is -2.13. The second kappa shape index (κ2) is 5.12. The van der Waals surface area contributed by atoms with Crippen molar-refractivity contribution in [1.82, 2.24) is 4.98 Å². The molecule has 2 N–H and O–H groups in total. The number of halogens is 2. The van der Waals surface area contributed by atoms with Gasteiger partial charge in [0.2, 0.25) is 0 Å². The largest absolute Gasteiger partial charge is 0.324 e. The molecule has 0 bridgehead atoms. The smallest absolute Gasteiger partial charge is 0.134 e. The van der Waals surface area contributed by atoms with Gasteiger partial charge in [-0.2, -0.15) is 0 Å². The van der Waals surface area contributed by atoms with Crippen molar-refractivity contribution in [2.45, 2.75) is 25.8 Å². The predicted molar refractivity (Wildman–Crippen MR) is 63.8 cm³/mol. The summed E-state index contributed by atoms with van der Waals surface area (Å²) < 4.78 is 1.10. The molecule has 72 valence electrons. The van der Waals surface area contributed by atoms with Crippen molar-refractivity contribution < 1.29 is 0 Å². The van der Waals surface area contributed by atoms with Gasteiger partial charge in [0.1, 0.15) is 5.15 Å². The Labute approximate surface area is 97.0 Å². The fourth-order valence-corrected chi connectivity index (χ4v) is 2.49. The van der Waals surface area contributed by atoms with Crippen molar-refractivity contribution in [3.8, 4) is 0 Å². The minimum absolute atomic E-state index is 0.0121. The summed E-state index contributed by atoms with van der Waals surface area (Å²) in [6.07, 6.45) is 3.70. The lowest BCUT2D eigenvalue weighted by molar-refractivity contribution is 0.633. The van der Waals surface area contributed by atoms with Gasteiger partial charge in [-0.3, -0.25) is 0 Å². The van der Waals surface area contributed by atoms with E-state index in [1.807, 2.05) is 6.07 Å². The third-order valence-electron chi connectivity index (χ3n) is 1.86. The van der Waals surface area contributed by atoms with Crippen LogP contribution in [0, 0.1) is 3.57 Å². The van der Waals surface area contributed by atoms with Crippen molar-refractivity contribution in [3.05, 3.63) is 26.5 Å². The summed E-state index contributed by atoms with van der Waals surface area (Å²) in [7, 11) is 0. The van der Waals surface area contributed by atoms with Crippen LogP contribution in [0.2, 0.25) is 5.15 Å². The van der Waals surface area contributed by atoms with E-state index in [1.165, 1.54) is 0 Å². The van der Waals surface area contributed by atoms with Crippen LogP contribution in [0.25, 0.3) is 0 Å². The van der Waals surface area contributed by atoms with Crippen molar-refractivity contribution in [2.24, 2.45) is 5.73 Å². The molecule has 0 aliphatic carbocycles. The maximum Gasteiger partial charge on any atom is 0.134 e. The zero-order chi connectivity index (χ0) is 9.84. The molecule has 1 atom stereocenters. The van der Waals surface area contributed by atoms with Crippen LogP contribution in [-0.4, -0.2) is 4.98 Å². The summed E-state index contributed by atoms with van der Waals surface area (Å²) in [6.45, 7) is 2.11. The lowest BCUT2D eigenvalue weighted by atomic mass is 10.1. The van der Waals surface area contributed by atoms with Crippen LogP contribution in [0.5, 0.6) is 0 Å². The Bertz CT molecular complexity index is 271. The average Bonchev–Trinajstić information content (AvgIpc) is 2.04. The van der Waals surface area contributed by atoms with E-state index in [4.69, 9.17) is 17.3 Å². The molecule has 0 fully saturated rings. The van der Waals surface area contributed by atoms with E-state index in [0.29, 0.717) is 5.15 Å². The number of pyridine rings is 1. The quantitative estimate of drug-likeness (QED) is 0.688. The predicted octanol–water partition coefficient (Wildman–Crippen LogP) is 3.14. The minimum Gasteiger partial charge on any atom is -0.324 e. The summed E-state index contributed by atoms with van der Waals surface area (Å²) in [5.74, 6) is 0. The molecule has 1 aromatic rings. The monoisotopic (exact) mass is 310 g/mol. The standard InChI is InChI=1S/C9H12ClIN2/c1-2-3-7(12)8-6(11)4-5-13-9(8)10/h4-5,7H,2-3,12H2,1H3/t7-/m0/s1. The molecule has 1 rings (SSSR count). The molecule has 0 aliphatic heterocycles. The number of nitrogens with zero attached hydrogens (tertiary/aromatic N) is 1. The number of rotatable bonds is 3. The number of hydrogen-bond donors (Lipinski definition) is 1. The van der Waals surface area contributed by atoms with E-state index in [9.17, 15) is 0 Å². The maximum atomic E-state index is 5.98. The Morgan fingerprint density at radius 1 is 1.69 bits per heavy atom. The first-order chi connectivity index (χ1) is 6.16. The number of nitrogens with two attached hydrogens (primary N) is 1. The van der Waals surface area contributed by atoms with E-state index in [2.05, 4.69) is 34.5 Å². The van der Waals surface area contributed by atoms with Crippen molar-refractivity contribution in [1.29, 1.82) is 0 Å². The fraction of sp³-hybridized carbons (Fsp3) is 0.444. The van der Waals surface area contributed by atoms with Crippen LogP contribution in [0.3, 0.4) is 0 Å². The van der Waals surface area contributed by atoms with Gasteiger partial charge in [0.25, 0.3) is 0 Å². The first-order valence-corrected chi connectivity index (χ1v) is 5.68. The van der Waals surface area contributed by atoms with Gasteiger partial charge in [0.05, 0.1) is 0 Å². The molecule has 0 spiro atoms. The third kappa shape index (κ3) is 2.79. The summed E-state index contributed by atoms with van der Waals surface area (Å²) in [6, 6.07) is 1.94. The molecule has 1 aromatic heterocycles. The Kier molecular flexibility index (Phi) is 4.41. The van der Waals surface area contributed by atoms with E-state index in [1.54, 1.807) is 6.20 Å². The summed E-state index contributed by atoms with van der Waals surface area (Å²) in [5, 5.41) is 0.535. The normalized spacial score (nSPS) is 12.9. The first-order valence-electron chi connectivity index (χ1n) is 4.22. The van der Waals surface area contributed by atoms with E-state index >= 15 is 0 Å². The molecule has 0 radical (unpaired) electrons. The lowest BCUT2D eigenvalue weighted by Crippen LogP contribution is -2.12. The molecule has 0 aromatic carbocycles. The highest BCUT2D eigenvalue weighted by Gasteiger charge is 2.13. The van der Waals surface area contributed by atoms with Gasteiger partial charge in [-0.25, -0.2) is 4.98 Å². The van der Waals surface area contributed by atoms with Crippen molar-refractivity contribution >= 4 is 34.2 Å². The van der Waals surface area contributed by atoms with Gasteiger partial charge >= 0.3 is 0 Å². The molecular formula is C9H12ClIN2. The minimum atomic E-state index is 0.0121. The summed E-state index contributed by atoms with van der Waals surface area (Å²) in [5.41, 5.74) is 6.96. The summed E-state index contributed by atoms with van der Waals surface area (Å²) in [4.78, 5) is 4.02. The van der Waals surface area contributed by atoms with Crippen LogP contribution in [0.4, 0.5) is 0 Å². The first kappa shape index (κ1) is 11.2. The van der Waals surface area contributed by atoms with Gasteiger partial charge in [-0.05, 0) is 35.1 Å². The van der Waals surface area contributed by atoms with E-state index in [0.717, 1.165) is 22.0 Å². The molecule has 0 aliphatic rings. The van der Waals surface area contributed by atoms with Crippen molar-refractivity contribution in [3.63, 3.8) is 0 Å². The fourth-order valence-electron chi connectivity index (χ4n) is 1.21. The highest BCUT2D eigenvalue weighted by Crippen LogP contribution is 2.26. The van der Waals surface area contributed by atoms with E-state index < -0.39 is 0 Å². The van der Waals surface area contributed by atoms with Gasteiger partial charge < -0.3 is 5.73 Å². The average molecular weight is 311 g/mol. The molecule has 4 heteroatoms. The van der Waals surface area contributed by atoms with Gasteiger partial charge in [-0.1, -0.05) is 24.9 Å².